The molecule has 1 atom stereocenters. The van der Waals surface area contributed by atoms with Crippen LogP contribution in [-0.2, 0) is 15.4 Å². The lowest BCUT2D eigenvalue weighted by molar-refractivity contribution is -0.351. The van der Waals surface area contributed by atoms with Crippen LogP contribution in [0.3, 0.4) is 0 Å². The lowest BCUT2D eigenvalue weighted by Crippen LogP contribution is -2.30. The number of aliphatic hydroxyl groups is 2. The molecule has 1 heterocycles. The van der Waals surface area contributed by atoms with Gasteiger partial charge in [0.15, 0.2) is 0 Å². The van der Waals surface area contributed by atoms with Gasteiger partial charge < -0.3 is 24.8 Å². The van der Waals surface area contributed by atoms with Crippen LogP contribution in [0.2, 0.25) is 0 Å². The van der Waals surface area contributed by atoms with Crippen LogP contribution in [0.15, 0.2) is 24.3 Å². The van der Waals surface area contributed by atoms with Gasteiger partial charge in [-0.25, -0.2) is 0 Å². The third-order valence-corrected chi connectivity index (χ3v) is 2.13. The predicted octanol–water partition coefficient (Wildman–Crippen LogP) is -0.0975. The second kappa shape index (κ2) is 3.79. The van der Waals surface area contributed by atoms with E-state index in [0.29, 0.717) is 6.61 Å². The molecule has 1 fully saturated rings. The Morgan fingerprint density at radius 3 is 2.67 bits per heavy atom. The number of epoxide rings is 1. The first-order chi connectivity index (χ1) is 7.09. The van der Waals surface area contributed by atoms with Gasteiger partial charge in [0, 0.05) is 0 Å². The van der Waals surface area contributed by atoms with Crippen LogP contribution < -0.4 is 0 Å². The summed E-state index contributed by atoms with van der Waals surface area (Å²) in [6.45, 7) is 0.651. The number of phenolic OH excluding ortho intramolecular Hbond substituents is 1. The minimum Gasteiger partial charge on any atom is -0.507 e. The Hall–Kier alpha value is -1.14. The third kappa shape index (κ3) is 2.45. The molecule has 0 spiro atoms. The summed E-state index contributed by atoms with van der Waals surface area (Å²) in [5, 5.41) is 28.5. The molecule has 2 rings (SSSR count). The van der Waals surface area contributed by atoms with E-state index in [1.165, 1.54) is 12.1 Å². The zero-order valence-electron chi connectivity index (χ0n) is 7.96. The molecule has 0 amide bonds. The van der Waals surface area contributed by atoms with Gasteiger partial charge in [0.2, 0.25) is 0 Å². The lowest BCUT2D eigenvalue weighted by Gasteiger charge is -2.22. The molecule has 82 valence electrons. The van der Waals surface area contributed by atoms with Gasteiger partial charge in [0.05, 0.1) is 18.8 Å². The number of benzene rings is 1. The van der Waals surface area contributed by atoms with Crippen molar-refractivity contribution in [3.63, 3.8) is 0 Å². The fourth-order valence-electron chi connectivity index (χ4n) is 1.20. The molecule has 1 aliphatic rings. The van der Waals surface area contributed by atoms with Crippen molar-refractivity contribution in [1.29, 1.82) is 0 Å². The van der Waals surface area contributed by atoms with Gasteiger partial charge in [0.25, 0.3) is 0 Å². The molecule has 0 saturated carbocycles. The second-order valence-electron chi connectivity index (χ2n) is 3.39. The second-order valence-corrected chi connectivity index (χ2v) is 3.39. The Kier molecular flexibility index (Phi) is 2.62. The summed E-state index contributed by atoms with van der Waals surface area (Å²) in [6.07, 6.45) is -0.0745. The van der Waals surface area contributed by atoms with Gasteiger partial charge in [-0.05, 0) is 12.1 Å². The highest BCUT2D eigenvalue weighted by Crippen LogP contribution is 2.28. The lowest BCUT2D eigenvalue weighted by atomic mass is 10.1. The zero-order chi connectivity index (χ0) is 10.9. The SMILES string of the molecule is Oc1ccccc1C(O)(O)OCC1CO1. The molecular formula is C10H12O5. The van der Waals surface area contributed by atoms with E-state index in [1.54, 1.807) is 12.1 Å². The molecule has 1 aliphatic heterocycles. The van der Waals surface area contributed by atoms with E-state index in [9.17, 15) is 15.3 Å². The van der Waals surface area contributed by atoms with Gasteiger partial charge in [-0.2, -0.15) is 0 Å². The van der Waals surface area contributed by atoms with Gasteiger partial charge >= 0.3 is 5.97 Å². The van der Waals surface area contributed by atoms with Crippen LogP contribution in [-0.4, -0.2) is 34.6 Å². The van der Waals surface area contributed by atoms with Crippen molar-refractivity contribution in [3.8, 4) is 5.75 Å². The summed E-state index contributed by atoms with van der Waals surface area (Å²) < 4.78 is 9.71. The number of hydrogen-bond donors (Lipinski definition) is 3. The van der Waals surface area contributed by atoms with E-state index in [0.717, 1.165) is 0 Å². The molecule has 1 aromatic rings. The van der Waals surface area contributed by atoms with Crippen molar-refractivity contribution < 1.29 is 24.8 Å². The number of para-hydroxylation sites is 1. The van der Waals surface area contributed by atoms with Gasteiger partial charge in [0.1, 0.15) is 11.9 Å². The molecule has 3 N–H and O–H groups in total. The monoisotopic (exact) mass is 212 g/mol. The highest BCUT2D eigenvalue weighted by molar-refractivity contribution is 5.33. The van der Waals surface area contributed by atoms with E-state index in [2.05, 4.69) is 0 Å². The minimum absolute atomic E-state index is 0.0745. The largest absolute Gasteiger partial charge is 0.507 e. The molecule has 0 aromatic heterocycles. The molecule has 0 aliphatic carbocycles. The quantitative estimate of drug-likeness (QED) is 0.479. The number of rotatable bonds is 4. The molecule has 1 saturated heterocycles. The van der Waals surface area contributed by atoms with Crippen LogP contribution in [0.25, 0.3) is 0 Å². The molecular weight excluding hydrogens is 200 g/mol. The topological polar surface area (TPSA) is 82.5 Å². The van der Waals surface area contributed by atoms with E-state index in [1.807, 2.05) is 0 Å². The maximum absolute atomic E-state index is 9.56. The fourth-order valence-corrected chi connectivity index (χ4v) is 1.20. The molecule has 1 aromatic carbocycles. The van der Waals surface area contributed by atoms with Crippen molar-refractivity contribution in [2.45, 2.75) is 12.1 Å². The van der Waals surface area contributed by atoms with Crippen molar-refractivity contribution in [2.24, 2.45) is 0 Å². The van der Waals surface area contributed by atoms with Gasteiger partial charge in [-0.15, -0.1) is 0 Å². The molecule has 15 heavy (non-hydrogen) atoms. The summed E-state index contributed by atoms with van der Waals surface area (Å²) in [7, 11) is 0. The molecule has 0 radical (unpaired) electrons. The smallest absolute Gasteiger partial charge is 0.310 e. The van der Waals surface area contributed by atoms with E-state index < -0.39 is 5.97 Å². The van der Waals surface area contributed by atoms with Crippen molar-refractivity contribution in [1.82, 2.24) is 0 Å². The number of ether oxygens (including phenoxy) is 2. The summed E-state index contributed by atoms with van der Waals surface area (Å²) in [5.41, 5.74) is -0.0781. The highest BCUT2D eigenvalue weighted by atomic mass is 16.8. The predicted molar refractivity (Wildman–Crippen MR) is 49.9 cm³/mol. The molecule has 5 nitrogen and oxygen atoms in total. The van der Waals surface area contributed by atoms with E-state index >= 15 is 0 Å². The number of phenols is 1. The number of hydrogen-bond acceptors (Lipinski definition) is 5. The fraction of sp³-hybridized carbons (Fsp3) is 0.400. The Balaban J connectivity index is 2.08. The Labute approximate surface area is 86.5 Å². The summed E-state index contributed by atoms with van der Waals surface area (Å²) in [5.74, 6) is -2.70. The van der Waals surface area contributed by atoms with Crippen molar-refractivity contribution >= 4 is 0 Å². The van der Waals surface area contributed by atoms with E-state index in [-0.39, 0.29) is 24.0 Å². The molecule has 0 bridgehead atoms. The van der Waals surface area contributed by atoms with Gasteiger partial charge in [-0.1, -0.05) is 12.1 Å². The Morgan fingerprint density at radius 1 is 1.40 bits per heavy atom. The number of aromatic hydroxyl groups is 1. The zero-order valence-corrected chi connectivity index (χ0v) is 7.96. The third-order valence-electron chi connectivity index (χ3n) is 2.13. The standard InChI is InChI=1S/C10H12O5/c11-9-4-2-1-3-8(9)10(12,13)15-6-7-5-14-7/h1-4,7,11-13H,5-6H2. The first-order valence-electron chi connectivity index (χ1n) is 4.58. The summed E-state index contributed by atoms with van der Waals surface area (Å²) >= 11 is 0. The first-order valence-corrected chi connectivity index (χ1v) is 4.58. The molecule has 1 unspecified atom stereocenters. The Morgan fingerprint density at radius 2 is 2.07 bits per heavy atom. The summed E-state index contributed by atoms with van der Waals surface area (Å²) in [4.78, 5) is 0. The summed E-state index contributed by atoms with van der Waals surface area (Å²) in [6, 6.07) is 5.89. The van der Waals surface area contributed by atoms with Crippen molar-refractivity contribution in [3.05, 3.63) is 29.8 Å². The van der Waals surface area contributed by atoms with Crippen LogP contribution >= 0.6 is 0 Å². The van der Waals surface area contributed by atoms with Crippen molar-refractivity contribution in [2.75, 3.05) is 13.2 Å². The maximum atomic E-state index is 9.56. The maximum Gasteiger partial charge on any atom is 0.310 e. The first kappa shape index (κ1) is 10.4. The van der Waals surface area contributed by atoms with E-state index in [4.69, 9.17) is 9.47 Å². The minimum atomic E-state index is -2.47. The normalized spacial score (nSPS) is 20.3. The Bertz CT molecular complexity index is 345. The average molecular weight is 212 g/mol. The molecule has 5 heteroatoms. The van der Waals surface area contributed by atoms with Crippen LogP contribution in [0.5, 0.6) is 5.75 Å². The average Bonchev–Trinajstić information content (AvgIpc) is 2.99. The van der Waals surface area contributed by atoms with Crippen LogP contribution in [0.1, 0.15) is 5.56 Å². The van der Waals surface area contributed by atoms with Gasteiger partial charge in [-0.3, -0.25) is 0 Å². The van der Waals surface area contributed by atoms with Crippen LogP contribution in [0, 0.1) is 0 Å². The van der Waals surface area contributed by atoms with Crippen LogP contribution in [0.4, 0.5) is 0 Å². The highest BCUT2D eigenvalue weighted by Gasteiger charge is 2.34.